The van der Waals surface area contributed by atoms with Gasteiger partial charge in [-0.2, -0.15) is 0 Å². The van der Waals surface area contributed by atoms with Crippen molar-refractivity contribution < 1.29 is 14.6 Å². The third-order valence-corrected chi connectivity index (χ3v) is 4.68. The molecule has 4 aromatic carbocycles. The van der Waals surface area contributed by atoms with Crippen LogP contribution in [-0.4, -0.2) is 10.2 Å². The fourth-order valence-electron chi connectivity index (χ4n) is 3.55. The molecule has 0 bridgehead atoms. The second-order valence-corrected chi connectivity index (χ2v) is 6.12. The second kappa shape index (κ2) is 5.02. The first-order valence-corrected chi connectivity index (χ1v) is 8.08. The summed E-state index contributed by atoms with van der Waals surface area (Å²) in [6.07, 6.45) is 0. The van der Waals surface area contributed by atoms with Crippen LogP contribution in [0.1, 0.15) is 0 Å². The zero-order chi connectivity index (χ0) is 17.0. The maximum atomic E-state index is 10.4. The quantitative estimate of drug-likeness (QED) is 0.382. The predicted molar refractivity (Wildman–Crippen MR) is 100.0 cm³/mol. The Morgan fingerprint density at radius 3 is 2.08 bits per heavy atom. The highest BCUT2D eigenvalue weighted by molar-refractivity contribution is 6.25. The van der Waals surface area contributed by atoms with Gasteiger partial charge in [-0.1, -0.05) is 48.5 Å². The average Bonchev–Trinajstić information content (AvgIpc) is 3.08. The molecule has 0 aliphatic heterocycles. The molecule has 3 nitrogen and oxygen atoms in total. The van der Waals surface area contributed by atoms with E-state index in [0.29, 0.717) is 11.3 Å². The van der Waals surface area contributed by atoms with Crippen LogP contribution in [-0.2, 0) is 0 Å². The lowest BCUT2D eigenvalue weighted by Gasteiger charge is -2.07. The van der Waals surface area contributed by atoms with Crippen molar-refractivity contribution >= 4 is 32.5 Å². The first kappa shape index (κ1) is 13.9. The van der Waals surface area contributed by atoms with E-state index in [-0.39, 0.29) is 11.5 Å². The van der Waals surface area contributed by atoms with Gasteiger partial charge >= 0.3 is 0 Å². The third-order valence-electron chi connectivity index (χ3n) is 4.68. The third kappa shape index (κ3) is 1.93. The minimum Gasteiger partial charge on any atom is -0.507 e. The van der Waals surface area contributed by atoms with Crippen molar-refractivity contribution in [1.29, 1.82) is 0 Å². The van der Waals surface area contributed by atoms with Gasteiger partial charge in [0, 0.05) is 16.2 Å². The van der Waals surface area contributed by atoms with E-state index in [9.17, 15) is 10.2 Å². The highest BCUT2D eigenvalue weighted by Gasteiger charge is 2.17. The van der Waals surface area contributed by atoms with Crippen LogP contribution in [0.15, 0.2) is 77.2 Å². The average molecular weight is 326 g/mol. The van der Waals surface area contributed by atoms with Crippen LogP contribution >= 0.6 is 0 Å². The normalized spacial score (nSPS) is 11.5. The van der Waals surface area contributed by atoms with Gasteiger partial charge in [0.05, 0.1) is 5.56 Å². The van der Waals surface area contributed by atoms with Crippen molar-refractivity contribution in [1.82, 2.24) is 0 Å². The SMILES string of the molecule is Oc1ccccc1-c1cc2c3cccc(O)c3c3ccccc3c2o1. The maximum Gasteiger partial charge on any atom is 0.143 e. The molecule has 25 heavy (non-hydrogen) atoms. The molecule has 0 spiro atoms. The summed E-state index contributed by atoms with van der Waals surface area (Å²) in [5.74, 6) is 1.04. The van der Waals surface area contributed by atoms with Crippen molar-refractivity contribution in [3.05, 3.63) is 72.8 Å². The first-order valence-electron chi connectivity index (χ1n) is 8.08. The number of phenolic OH excluding ortho intramolecular Hbond substituents is 2. The summed E-state index contributed by atoms with van der Waals surface area (Å²) in [7, 11) is 0. The van der Waals surface area contributed by atoms with E-state index in [1.807, 2.05) is 54.6 Å². The Morgan fingerprint density at radius 2 is 1.24 bits per heavy atom. The Morgan fingerprint density at radius 1 is 0.600 bits per heavy atom. The Labute approximate surface area is 143 Å². The molecule has 3 heteroatoms. The summed E-state index contributed by atoms with van der Waals surface area (Å²) in [5.41, 5.74) is 1.41. The van der Waals surface area contributed by atoms with Gasteiger partial charge in [0.25, 0.3) is 0 Å². The molecule has 5 aromatic rings. The topological polar surface area (TPSA) is 53.6 Å². The molecule has 2 N–H and O–H groups in total. The van der Waals surface area contributed by atoms with Crippen molar-refractivity contribution in [2.75, 3.05) is 0 Å². The molecule has 5 rings (SSSR count). The molecule has 120 valence electrons. The summed E-state index contributed by atoms with van der Waals surface area (Å²) in [6, 6.07) is 22.4. The summed E-state index contributed by atoms with van der Waals surface area (Å²) >= 11 is 0. The minimum atomic E-state index is 0.179. The maximum absolute atomic E-state index is 10.4. The number of hydrogen-bond acceptors (Lipinski definition) is 3. The second-order valence-electron chi connectivity index (χ2n) is 6.12. The summed E-state index contributed by atoms with van der Waals surface area (Å²) < 4.78 is 6.15. The number of rotatable bonds is 1. The lowest BCUT2D eigenvalue weighted by molar-refractivity contribution is 0.475. The van der Waals surface area contributed by atoms with Gasteiger partial charge in [-0.05, 0) is 35.0 Å². The largest absolute Gasteiger partial charge is 0.507 e. The molecular weight excluding hydrogens is 312 g/mol. The van der Waals surface area contributed by atoms with Crippen LogP contribution in [0.5, 0.6) is 11.5 Å². The number of benzene rings is 4. The number of fused-ring (bicyclic) bond motifs is 6. The lowest BCUT2D eigenvalue weighted by Crippen LogP contribution is -1.80. The minimum absolute atomic E-state index is 0.179. The van der Waals surface area contributed by atoms with Gasteiger partial charge in [0.1, 0.15) is 22.8 Å². The molecule has 0 saturated heterocycles. The molecule has 1 heterocycles. The van der Waals surface area contributed by atoms with Crippen LogP contribution in [0.3, 0.4) is 0 Å². The molecule has 0 unspecified atom stereocenters. The van der Waals surface area contributed by atoms with Gasteiger partial charge in [0.2, 0.25) is 0 Å². The first-order chi connectivity index (χ1) is 12.2. The van der Waals surface area contributed by atoms with E-state index in [4.69, 9.17) is 4.42 Å². The molecule has 0 aliphatic rings. The Hall–Kier alpha value is -3.46. The Kier molecular flexibility index (Phi) is 2.80. The van der Waals surface area contributed by atoms with E-state index in [1.165, 1.54) is 0 Å². The number of hydrogen-bond donors (Lipinski definition) is 2. The number of aromatic hydroxyl groups is 2. The standard InChI is InChI=1S/C22H14O3/c23-18-10-4-3-8-16(18)20-12-17-14-9-5-11-19(24)21(14)13-6-1-2-7-15(13)22(17)25-20/h1-12,23-24H. The Balaban J connectivity index is 2.00. The highest BCUT2D eigenvalue weighted by atomic mass is 16.3. The van der Waals surface area contributed by atoms with Crippen LogP contribution in [0.2, 0.25) is 0 Å². The van der Waals surface area contributed by atoms with Crippen LogP contribution in [0, 0.1) is 0 Å². The molecule has 0 saturated carbocycles. The van der Waals surface area contributed by atoms with Crippen molar-refractivity contribution in [2.24, 2.45) is 0 Å². The Bertz CT molecular complexity index is 1260. The summed E-state index contributed by atoms with van der Waals surface area (Å²) in [5, 5.41) is 25.1. The fourth-order valence-corrected chi connectivity index (χ4v) is 3.55. The summed E-state index contributed by atoms with van der Waals surface area (Å²) in [4.78, 5) is 0. The molecular formula is C22H14O3. The number of para-hydroxylation sites is 1. The van der Waals surface area contributed by atoms with Gasteiger partial charge in [-0.25, -0.2) is 0 Å². The van der Waals surface area contributed by atoms with Gasteiger partial charge < -0.3 is 14.6 Å². The predicted octanol–water partition coefficient (Wildman–Crippen LogP) is 5.82. The number of phenols is 2. The van der Waals surface area contributed by atoms with E-state index in [1.54, 1.807) is 18.2 Å². The summed E-state index contributed by atoms with van der Waals surface area (Å²) in [6.45, 7) is 0. The van der Waals surface area contributed by atoms with Crippen molar-refractivity contribution in [3.63, 3.8) is 0 Å². The zero-order valence-electron chi connectivity index (χ0n) is 13.2. The zero-order valence-corrected chi connectivity index (χ0v) is 13.2. The molecule has 0 radical (unpaired) electrons. The molecule has 0 atom stereocenters. The van der Waals surface area contributed by atoms with Crippen LogP contribution < -0.4 is 0 Å². The molecule has 1 aromatic heterocycles. The van der Waals surface area contributed by atoms with Crippen molar-refractivity contribution in [2.45, 2.75) is 0 Å². The smallest absolute Gasteiger partial charge is 0.143 e. The van der Waals surface area contributed by atoms with Crippen molar-refractivity contribution in [3.8, 4) is 22.8 Å². The van der Waals surface area contributed by atoms with E-state index in [0.717, 1.165) is 32.5 Å². The van der Waals surface area contributed by atoms with E-state index >= 15 is 0 Å². The lowest BCUT2D eigenvalue weighted by atomic mass is 9.97. The van der Waals surface area contributed by atoms with Gasteiger partial charge in [-0.3, -0.25) is 0 Å². The highest BCUT2D eigenvalue weighted by Crippen LogP contribution is 2.43. The van der Waals surface area contributed by atoms with Gasteiger partial charge in [-0.15, -0.1) is 0 Å². The van der Waals surface area contributed by atoms with E-state index in [2.05, 4.69) is 0 Å². The molecule has 0 fully saturated rings. The fraction of sp³-hybridized carbons (Fsp3) is 0. The van der Waals surface area contributed by atoms with Crippen LogP contribution in [0.25, 0.3) is 43.8 Å². The number of furan rings is 1. The molecule has 0 amide bonds. The van der Waals surface area contributed by atoms with Gasteiger partial charge in [0.15, 0.2) is 0 Å². The van der Waals surface area contributed by atoms with Crippen LogP contribution in [0.4, 0.5) is 0 Å². The monoisotopic (exact) mass is 326 g/mol. The van der Waals surface area contributed by atoms with E-state index < -0.39 is 0 Å². The molecule has 0 aliphatic carbocycles.